The molecule has 0 atom stereocenters. The molecule has 0 aromatic heterocycles. The maximum atomic E-state index is 2.71. The highest BCUT2D eigenvalue weighted by atomic mass is 127. The minimum absolute atomic E-state index is 0.790. The average Bonchev–Trinajstić information content (AvgIpc) is 2.38. The van der Waals surface area contributed by atoms with E-state index in [1.54, 1.807) is 0 Å². The highest BCUT2D eigenvalue weighted by Crippen LogP contribution is 2.21. The van der Waals surface area contributed by atoms with Crippen LogP contribution in [0, 0.1) is 0 Å². The monoisotopic (exact) mass is 410 g/mol. The average molecular weight is 410 g/mol. The quantitative estimate of drug-likeness (QED) is 0.111. The lowest BCUT2D eigenvalue weighted by Crippen LogP contribution is -2.13. The maximum absolute atomic E-state index is 2.71. The van der Waals surface area contributed by atoms with Crippen LogP contribution in [0.4, 0.5) is 0 Å². The van der Waals surface area contributed by atoms with E-state index in [9.17, 15) is 0 Å². The molecule has 0 nitrogen and oxygen atoms in total. The number of hydrogen-bond acceptors (Lipinski definition) is 0. The van der Waals surface area contributed by atoms with E-state index in [2.05, 4.69) is 41.8 Å². The molecule has 0 unspecified atom stereocenters. The molecule has 122 valence electrons. The standard InChI is InChI=1S/C18H39ISi/c1-4-5-6-7-8-9-10-11-12-13-14-15-16-17-18-20(2,3)19/h4-18H2,1-3H3. The Kier molecular flexibility index (Phi) is 15.6. The molecule has 0 aromatic carbocycles. The van der Waals surface area contributed by atoms with Crippen LogP contribution < -0.4 is 0 Å². The highest BCUT2D eigenvalue weighted by molar-refractivity contribution is 14.1. The number of rotatable bonds is 15. The summed E-state index contributed by atoms with van der Waals surface area (Å²) >= 11 is 2.71. The van der Waals surface area contributed by atoms with Crippen molar-refractivity contribution in [3.63, 3.8) is 0 Å². The van der Waals surface area contributed by atoms with Crippen LogP contribution in [0.1, 0.15) is 96.8 Å². The first kappa shape index (κ1) is 20.9. The Hall–Kier alpha value is 0.947. The SMILES string of the molecule is CCCCCCCCCCCCCCCC[Si](C)(C)I. The lowest BCUT2D eigenvalue weighted by atomic mass is 10.0. The maximum Gasteiger partial charge on any atom is 0.119 e. The molecular formula is C18H39ISi. The van der Waals surface area contributed by atoms with E-state index in [4.69, 9.17) is 0 Å². The molecule has 0 amide bonds. The van der Waals surface area contributed by atoms with E-state index in [1.807, 2.05) is 0 Å². The Morgan fingerprint density at radius 2 is 0.850 bits per heavy atom. The summed E-state index contributed by atoms with van der Waals surface area (Å²) in [4.78, 5) is 0. The van der Waals surface area contributed by atoms with Gasteiger partial charge in [0, 0.05) is 0 Å². The van der Waals surface area contributed by atoms with Gasteiger partial charge < -0.3 is 0 Å². The van der Waals surface area contributed by atoms with Crippen molar-refractivity contribution in [3.05, 3.63) is 0 Å². The molecule has 0 spiro atoms. The molecule has 0 bridgehead atoms. The third kappa shape index (κ3) is 18.9. The molecule has 0 aliphatic rings. The van der Waals surface area contributed by atoms with Crippen molar-refractivity contribution >= 4 is 27.4 Å². The normalized spacial score (nSPS) is 12.0. The molecule has 0 aliphatic carbocycles. The lowest BCUT2D eigenvalue weighted by molar-refractivity contribution is 0.538. The van der Waals surface area contributed by atoms with Gasteiger partial charge in [0.15, 0.2) is 0 Å². The summed E-state index contributed by atoms with van der Waals surface area (Å²) in [5, 5.41) is 0. The van der Waals surface area contributed by atoms with Gasteiger partial charge in [0.25, 0.3) is 0 Å². The number of hydrogen-bond donors (Lipinski definition) is 0. The largest absolute Gasteiger partial charge is 0.119 e. The summed E-state index contributed by atoms with van der Waals surface area (Å²) in [7, 11) is 0. The molecule has 0 aromatic rings. The Morgan fingerprint density at radius 3 is 1.15 bits per heavy atom. The molecule has 0 saturated carbocycles. The minimum Gasteiger partial charge on any atom is -0.119 e. The summed E-state index contributed by atoms with van der Waals surface area (Å²) in [5.74, 6) is 0. The van der Waals surface area contributed by atoms with Crippen molar-refractivity contribution in [2.24, 2.45) is 0 Å². The Bertz CT molecular complexity index is 186. The van der Waals surface area contributed by atoms with Crippen LogP contribution in [0.25, 0.3) is 0 Å². The Morgan fingerprint density at radius 1 is 0.550 bits per heavy atom. The molecule has 0 heterocycles. The van der Waals surface area contributed by atoms with Gasteiger partial charge in [-0.3, -0.25) is 0 Å². The van der Waals surface area contributed by atoms with Gasteiger partial charge in [-0.2, -0.15) is 0 Å². The van der Waals surface area contributed by atoms with Gasteiger partial charge in [-0.15, -0.1) is 21.8 Å². The first-order valence-corrected chi connectivity index (χ1v) is 15.6. The zero-order valence-corrected chi connectivity index (χ0v) is 17.6. The molecule has 0 saturated heterocycles. The van der Waals surface area contributed by atoms with Crippen molar-refractivity contribution in [1.29, 1.82) is 0 Å². The van der Waals surface area contributed by atoms with Gasteiger partial charge in [-0.1, -0.05) is 110 Å². The summed E-state index contributed by atoms with van der Waals surface area (Å²) in [6.45, 7) is 7.26. The van der Waals surface area contributed by atoms with Gasteiger partial charge >= 0.3 is 0 Å². The molecule has 0 rings (SSSR count). The van der Waals surface area contributed by atoms with Crippen LogP contribution in [0.2, 0.25) is 19.1 Å². The van der Waals surface area contributed by atoms with Gasteiger partial charge in [-0.05, 0) is 6.04 Å². The van der Waals surface area contributed by atoms with Crippen LogP contribution in [0.5, 0.6) is 0 Å². The van der Waals surface area contributed by atoms with E-state index < -0.39 is 5.57 Å². The predicted molar refractivity (Wildman–Crippen MR) is 107 cm³/mol. The fourth-order valence-electron chi connectivity index (χ4n) is 2.74. The second-order valence-electron chi connectivity index (χ2n) is 7.06. The van der Waals surface area contributed by atoms with Crippen molar-refractivity contribution in [1.82, 2.24) is 0 Å². The van der Waals surface area contributed by atoms with Crippen molar-refractivity contribution in [2.45, 2.75) is 116 Å². The van der Waals surface area contributed by atoms with Gasteiger partial charge in [0.1, 0.15) is 5.57 Å². The molecule has 20 heavy (non-hydrogen) atoms. The third-order valence-corrected chi connectivity index (χ3v) is 7.29. The number of unbranched alkanes of at least 4 members (excludes halogenated alkanes) is 13. The molecule has 0 aliphatic heterocycles. The van der Waals surface area contributed by atoms with E-state index in [0.29, 0.717) is 0 Å². The topological polar surface area (TPSA) is 0 Å². The van der Waals surface area contributed by atoms with Crippen LogP contribution in [0.15, 0.2) is 0 Å². The molecule has 2 heteroatoms. The predicted octanol–water partition coefficient (Wildman–Crippen LogP) is 8.11. The summed E-state index contributed by atoms with van der Waals surface area (Å²) in [5.41, 5.74) is -0.790. The molecule has 0 N–H and O–H groups in total. The summed E-state index contributed by atoms with van der Waals surface area (Å²) in [6.07, 6.45) is 20.6. The van der Waals surface area contributed by atoms with Crippen molar-refractivity contribution in [2.75, 3.05) is 0 Å². The van der Waals surface area contributed by atoms with Gasteiger partial charge in [-0.25, -0.2) is 0 Å². The molecular weight excluding hydrogens is 371 g/mol. The highest BCUT2D eigenvalue weighted by Gasteiger charge is 2.14. The van der Waals surface area contributed by atoms with E-state index in [0.717, 1.165) is 0 Å². The van der Waals surface area contributed by atoms with Crippen LogP contribution in [-0.2, 0) is 0 Å². The third-order valence-electron chi connectivity index (χ3n) is 4.12. The first-order chi connectivity index (χ1) is 9.56. The lowest BCUT2D eigenvalue weighted by Gasteiger charge is -2.12. The van der Waals surface area contributed by atoms with Crippen LogP contribution in [-0.4, -0.2) is 5.57 Å². The Labute approximate surface area is 143 Å². The van der Waals surface area contributed by atoms with E-state index >= 15 is 0 Å². The van der Waals surface area contributed by atoms with Gasteiger partial charge in [0.2, 0.25) is 0 Å². The first-order valence-electron chi connectivity index (χ1n) is 9.25. The van der Waals surface area contributed by atoms with Gasteiger partial charge in [0.05, 0.1) is 0 Å². The fourth-order valence-corrected chi connectivity index (χ4v) is 4.97. The van der Waals surface area contributed by atoms with Crippen molar-refractivity contribution < 1.29 is 0 Å². The summed E-state index contributed by atoms with van der Waals surface area (Å²) < 4.78 is 0. The van der Waals surface area contributed by atoms with Crippen LogP contribution in [0.3, 0.4) is 0 Å². The minimum atomic E-state index is -0.790. The van der Waals surface area contributed by atoms with Crippen LogP contribution >= 0.6 is 21.8 Å². The second-order valence-corrected chi connectivity index (χ2v) is 19.8. The molecule has 0 fully saturated rings. The zero-order valence-electron chi connectivity index (χ0n) is 14.5. The van der Waals surface area contributed by atoms with Crippen molar-refractivity contribution in [3.8, 4) is 0 Å². The fraction of sp³-hybridized carbons (Fsp3) is 1.00. The molecule has 0 radical (unpaired) electrons. The Balaban J connectivity index is 2.99. The zero-order chi connectivity index (χ0) is 15.1. The van der Waals surface area contributed by atoms with E-state index in [1.165, 1.54) is 95.9 Å². The number of halogens is 1. The smallest absolute Gasteiger partial charge is 0.119 e. The second kappa shape index (κ2) is 14.9. The van der Waals surface area contributed by atoms with E-state index in [-0.39, 0.29) is 0 Å². The summed E-state index contributed by atoms with van der Waals surface area (Å²) in [6, 6.07) is 1.52.